The Morgan fingerprint density at radius 3 is 2.84 bits per heavy atom. The van der Waals surface area contributed by atoms with Crippen LogP contribution in [-0.2, 0) is 12.8 Å². The molecule has 0 aliphatic carbocycles. The fourth-order valence-electron chi connectivity index (χ4n) is 2.11. The van der Waals surface area contributed by atoms with Crippen LogP contribution in [-0.4, -0.2) is 0 Å². The summed E-state index contributed by atoms with van der Waals surface area (Å²) in [6.07, 6.45) is 3.26. The molecule has 0 radical (unpaired) electrons. The van der Waals surface area contributed by atoms with E-state index < -0.39 is 0 Å². The van der Waals surface area contributed by atoms with Crippen LogP contribution in [0.15, 0.2) is 39.4 Å². The van der Waals surface area contributed by atoms with Crippen molar-refractivity contribution in [3.63, 3.8) is 0 Å². The number of benzene rings is 1. The topological polar surface area (TPSA) is 51.2 Å². The van der Waals surface area contributed by atoms with Gasteiger partial charge in [0.05, 0.1) is 12.3 Å². The van der Waals surface area contributed by atoms with E-state index in [4.69, 9.17) is 21.9 Å². The Kier molecular flexibility index (Phi) is 5.05. The molecule has 5 heteroatoms. The molecule has 3 N–H and O–H groups in total. The highest BCUT2D eigenvalue weighted by Crippen LogP contribution is 2.28. The molecule has 2 rings (SSSR count). The van der Waals surface area contributed by atoms with Crippen molar-refractivity contribution >= 4 is 27.5 Å². The number of rotatable bonds is 5. The van der Waals surface area contributed by atoms with Gasteiger partial charge in [-0.3, -0.25) is 11.3 Å². The molecule has 0 bridgehead atoms. The first-order valence-electron chi connectivity index (χ1n) is 6.12. The summed E-state index contributed by atoms with van der Waals surface area (Å²) in [5.41, 5.74) is 4.98. The third kappa shape index (κ3) is 3.39. The summed E-state index contributed by atoms with van der Waals surface area (Å²) < 4.78 is 6.42. The smallest absolute Gasteiger partial charge is 0.108 e. The van der Waals surface area contributed by atoms with E-state index in [-0.39, 0.29) is 6.04 Å². The van der Waals surface area contributed by atoms with Crippen LogP contribution in [0.5, 0.6) is 0 Å². The van der Waals surface area contributed by atoms with E-state index in [2.05, 4.69) is 28.3 Å². The number of nitrogens with two attached hydrogens (primary N) is 1. The molecule has 0 aliphatic heterocycles. The fraction of sp³-hybridized carbons (Fsp3) is 0.286. The van der Waals surface area contributed by atoms with Crippen molar-refractivity contribution in [3.8, 4) is 0 Å². The number of halogens is 2. The van der Waals surface area contributed by atoms with Crippen LogP contribution in [0, 0.1) is 0 Å². The molecule has 3 nitrogen and oxygen atoms in total. The Bertz CT molecular complexity index is 556. The maximum atomic E-state index is 6.24. The van der Waals surface area contributed by atoms with Crippen molar-refractivity contribution in [1.29, 1.82) is 0 Å². The van der Waals surface area contributed by atoms with E-state index in [1.807, 2.05) is 24.3 Å². The molecule has 0 fully saturated rings. The van der Waals surface area contributed by atoms with Crippen LogP contribution in [0.3, 0.4) is 0 Å². The van der Waals surface area contributed by atoms with Crippen molar-refractivity contribution in [2.75, 3.05) is 0 Å². The second kappa shape index (κ2) is 6.57. The van der Waals surface area contributed by atoms with Crippen molar-refractivity contribution in [3.05, 3.63) is 56.9 Å². The van der Waals surface area contributed by atoms with Gasteiger partial charge in [0.25, 0.3) is 0 Å². The Morgan fingerprint density at radius 1 is 1.42 bits per heavy atom. The molecule has 1 aromatic carbocycles. The molecule has 1 atom stereocenters. The predicted molar refractivity (Wildman–Crippen MR) is 81.0 cm³/mol. The van der Waals surface area contributed by atoms with Crippen LogP contribution in [0.1, 0.15) is 29.9 Å². The molecule has 0 saturated carbocycles. The van der Waals surface area contributed by atoms with E-state index >= 15 is 0 Å². The number of hydrogen-bond donors (Lipinski definition) is 2. The summed E-state index contributed by atoms with van der Waals surface area (Å²) in [5, 5.41) is 0.733. The number of furan rings is 1. The molecule has 102 valence electrons. The van der Waals surface area contributed by atoms with Gasteiger partial charge < -0.3 is 4.42 Å². The summed E-state index contributed by atoms with van der Waals surface area (Å²) in [4.78, 5) is 0. The van der Waals surface area contributed by atoms with Gasteiger partial charge in [0, 0.05) is 21.5 Å². The van der Waals surface area contributed by atoms with Gasteiger partial charge in [0.2, 0.25) is 0 Å². The number of hydrazine groups is 1. The molecule has 2 aromatic rings. The quantitative estimate of drug-likeness (QED) is 0.637. The standard InChI is InChI=1S/C14H16BrClN2O/c1-2-14-11(5-6-19-14)13(18-17)7-9-3-4-10(15)8-12(9)16/h3-6,8,13,18H,2,7,17H2,1H3. The van der Waals surface area contributed by atoms with Crippen LogP contribution < -0.4 is 11.3 Å². The van der Waals surface area contributed by atoms with Crippen molar-refractivity contribution in [1.82, 2.24) is 5.43 Å². The van der Waals surface area contributed by atoms with Crippen LogP contribution in [0.4, 0.5) is 0 Å². The lowest BCUT2D eigenvalue weighted by molar-refractivity contribution is 0.487. The Labute approximate surface area is 126 Å². The Hall–Kier alpha value is -0.810. The van der Waals surface area contributed by atoms with Gasteiger partial charge in [0.15, 0.2) is 0 Å². The summed E-state index contributed by atoms with van der Waals surface area (Å²) in [6.45, 7) is 2.06. The Morgan fingerprint density at radius 2 is 2.21 bits per heavy atom. The molecule has 1 unspecified atom stereocenters. The number of aryl methyl sites for hydroxylation is 1. The van der Waals surface area contributed by atoms with Crippen molar-refractivity contribution in [2.24, 2.45) is 5.84 Å². The third-order valence-electron chi connectivity index (χ3n) is 3.12. The zero-order chi connectivity index (χ0) is 13.8. The normalized spacial score (nSPS) is 12.6. The first kappa shape index (κ1) is 14.6. The summed E-state index contributed by atoms with van der Waals surface area (Å²) in [6, 6.07) is 7.82. The molecular formula is C14H16BrClN2O. The van der Waals surface area contributed by atoms with Gasteiger partial charge in [-0.25, -0.2) is 0 Å². The van der Waals surface area contributed by atoms with E-state index in [9.17, 15) is 0 Å². The van der Waals surface area contributed by atoms with Crippen molar-refractivity contribution < 1.29 is 4.42 Å². The number of hydrogen-bond acceptors (Lipinski definition) is 3. The molecule has 0 amide bonds. The molecule has 19 heavy (non-hydrogen) atoms. The maximum Gasteiger partial charge on any atom is 0.108 e. The second-order valence-corrected chi connectivity index (χ2v) is 5.63. The minimum absolute atomic E-state index is 0.00706. The lowest BCUT2D eigenvalue weighted by atomic mass is 9.99. The van der Waals surface area contributed by atoms with E-state index in [1.165, 1.54) is 0 Å². The highest BCUT2D eigenvalue weighted by molar-refractivity contribution is 9.10. The molecule has 0 spiro atoms. The average Bonchev–Trinajstić information content (AvgIpc) is 2.86. The SMILES string of the molecule is CCc1occc1C(Cc1ccc(Br)cc1Cl)NN. The third-order valence-corrected chi connectivity index (χ3v) is 3.96. The van der Waals surface area contributed by atoms with E-state index in [0.29, 0.717) is 0 Å². The Balaban J connectivity index is 2.24. The molecular weight excluding hydrogens is 328 g/mol. The lowest BCUT2D eigenvalue weighted by Gasteiger charge is -2.17. The maximum absolute atomic E-state index is 6.24. The predicted octanol–water partition coefficient (Wildman–Crippen LogP) is 4.01. The zero-order valence-electron chi connectivity index (χ0n) is 10.6. The van der Waals surface area contributed by atoms with Crippen molar-refractivity contribution in [2.45, 2.75) is 25.8 Å². The minimum atomic E-state index is -0.00706. The zero-order valence-corrected chi connectivity index (χ0v) is 13.0. The average molecular weight is 344 g/mol. The molecule has 1 aromatic heterocycles. The largest absolute Gasteiger partial charge is 0.469 e. The van der Waals surface area contributed by atoms with Crippen LogP contribution in [0.2, 0.25) is 5.02 Å². The lowest BCUT2D eigenvalue weighted by Crippen LogP contribution is -2.30. The van der Waals surface area contributed by atoms with Crippen LogP contribution >= 0.6 is 27.5 Å². The van der Waals surface area contributed by atoms with E-state index in [1.54, 1.807) is 6.26 Å². The van der Waals surface area contributed by atoms with Gasteiger partial charge in [-0.05, 0) is 30.2 Å². The second-order valence-electron chi connectivity index (χ2n) is 4.31. The highest BCUT2D eigenvalue weighted by atomic mass is 79.9. The van der Waals surface area contributed by atoms with Crippen LogP contribution in [0.25, 0.3) is 0 Å². The fourth-order valence-corrected chi connectivity index (χ4v) is 2.86. The first-order chi connectivity index (χ1) is 9.15. The summed E-state index contributed by atoms with van der Waals surface area (Å²) in [5.74, 6) is 6.63. The number of nitrogens with one attached hydrogen (secondary N) is 1. The van der Waals surface area contributed by atoms with E-state index in [0.717, 1.165) is 39.2 Å². The molecule has 0 saturated heterocycles. The van der Waals surface area contributed by atoms with Gasteiger partial charge in [-0.2, -0.15) is 0 Å². The monoisotopic (exact) mass is 342 g/mol. The molecule has 1 heterocycles. The highest BCUT2D eigenvalue weighted by Gasteiger charge is 2.17. The minimum Gasteiger partial charge on any atom is -0.469 e. The summed E-state index contributed by atoms with van der Waals surface area (Å²) >= 11 is 9.64. The van der Waals surface area contributed by atoms with Gasteiger partial charge >= 0.3 is 0 Å². The summed E-state index contributed by atoms with van der Waals surface area (Å²) in [7, 11) is 0. The first-order valence-corrected chi connectivity index (χ1v) is 7.29. The van der Waals surface area contributed by atoms with Gasteiger partial charge in [-0.1, -0.05) is 40.5 Å². The van der Waals surface area contributed by atoms with Gasteiger partial charge in [-0.15, -0.1) is 0 Å². The van der Waals surface area contributed by atoms with Gasteiger partial charge in [0.1, 0.15) is 5.76 Å². The molecule has 0 aliphatic rings.